The van der Waals surface area contributed by atoms with E-state index >= 15 is 0 Å². The van der Waals surface area contributed by atoms with E-state index in [0.29, 0.717) is 6.54 Å². The lowest BCUT2D eigenvalue weighted by Crippen LogP contribution is -2.40. The molecule has 0 aliphatic carbocycles. The molecule has 4 heteroatoms. The van der Waals surface area contributed by atoms with Crippen molar-refractivity contribution in [1.82, 2.24) is 15.1 Å². The molecule has 2 aliphatic heterocycles. The number of piperidine rings is 2. The largest absolute Gasteiger partial charge is 0.352 e. The molecule has 1 amide bonds. The fourth-order valence-corrected chi connectivity index (χ4v) is 4.96. The Labute approximate surface area is 194 Å². The average molecular weight is 434 g/mol. The summed E-state index contributed by atoms with van der Waals surface area (Å²) in [5.41, 5.74) is 5.31. The molecule has 32 heavy (non-hydrogen) atoms. The van der Waals surface area contributed by atoms with Gasteiger partial charge in [-0.25, -0.2) is 0 Å². The van der Waals surface area contributed by atoms with Crippen LogP contribution >= 0.6 is 0 Å². The van der Waals surface area contributed by atoms with Crippen LogP contribution in [0.15, 0.2) is 48.5 Å². The molecule has 0 aromatic heterocycles. The van der Waals surface area contributed by atoms with Crippen molar-refractivity contribution in [2.75, 3.05) is 26.2 Å². The van der Waals surface area contributed by atoms with Gasteiger partial charge in [-0.05, 0) is 87.0 Å². The Morgan fingerprint density at radius 1 is 0.844 bits per heavy atom. The quantitative estimate of drug-likeness (QED) is 0.684. The van der Waals surface area contributed by atoms with E-state index in [-0.39, 0.29) is 11.8 Å². The SMILES string of the molecule is Cc1ccccc1CN1CCC(C(=O)NCc2ccc(CN3CCC(C)CC3)cc2)CC1. The van der Waals surface area contributed by atoms with Crippen LogP contribution in [0.3, 0.4) is 0 Å². The molecule has 2 aromatic rings. The summed E-state index contributed by atoms with van der Waals surface area (Å²) in [6, 6.07) is 17.4. The lowest BCUT2D eigenvalue weighted by Gasteiger charge is -2.31. The second-order valence-corrected chi connectivity index (χ2v) is 9.97. The van der Waals surface area contributed by atoms with Crippen LogP contribution in [0.25, 0.3) is 0 Å². The molecule has 2 aromatic carbocycles. The summed E-state index contributed by atoms with van der Waals surface area (Å²) in [4.78, 5) is 17.7. The van der Waals surface area contributed by atoms with Gasteiger partial charge in [0.15, 0.2) is 0 Å². The Morgan fingerprint density at radius 2 is 1.44 bits per heavy atom. The van der Waals surface area contributed by atoms with Crippen molar-refractivity contribution in [3.8, 4) is 0 Å². The summed E-state index contributed by atoms with van der Waals surface area (Å²) in [5.74, 6) is 1.23. The molecule has 0 radical (unpaired) electrons. The molecule has 2 aliphatic rings. The summed E-state index contributed by atoms with van der Waals surface area (Å²) in [6.45, 7) is 11.6. The zero-order valence-corrected chi connectivity index (χ0v) is 19.9. The minimum atomic E-state index is 0.142. The maximum absolute atomic E-state index is 12.7. The molecular weight excluding hydrogens is 394 g/mol. The molecule has 2 heterocycles. The van der Waals surface area contributed by atoms with Gasteiger partial charge in [0.05, 0.1) is 0 Å². The number of nitrogens with zero attached hydrogens (tertiary/aromatic N) is 2. The monoisotopic (exact) mass is 433 g/mol. The first-order valence-corrected chi connectivity index (χ1v) is 12.4. The number of hydrogen-bond donors (Lipinski definition) is 1. The highest BCUT2D eigenvalue weighted by molar-refractivity contribution is 5.78. The molecule has 0 saturated carbocycles. The smallest absolute Gasteiger partial charge is 0.223 e. The van der Waals surface area contributed by atoms with E-state index in [1.54, 1.807) is 0 Å². The summed E-state index contributed by atoms with van der Waals surface area (Å²) >= 11 is 0. The normalized spacial score (nSPS) is 19.2. The number of likely N-dealkylation sites (tertiary alicyclic amines) is 2. The number of rotatable bonds is 7. The van der Waals surface area contributed by atoms with Crippen LogP contribution in [-0.2, 0) is 24.4 Å². The first kappa shape index (κ1) is 23.0. The topological polar surface area (TPSA) is 35.6 Å². The molecule has 2 fully saturated rings. The highest BCUT2D eigenvalue weighted by atomic mass is 16.1. The van der Waals surface area contributed by atoms with Gasteiger partial charge in [-0.2, -0.15) is 0 Å². The Bertz CT molecular complexity index is 863. The number of nitrogens with one attached hydrogen (secondary N) is 1. The number of carbonyl (C=O) groups excluding carboxylic acids is 1. The van der Waals surface area contributed by atoms with Crippen molar-refractivity contribution in [3.05, 3.63) is 70.8 Å². The standard InChI is InChI=1S/C28H39N3O/c1-22-11-15-30(16-12-22)20-25-9-7-24(8-10-25)19-29-28(32)26-13-17-31(18-14-26)21-27-6-4-3-5-23(27)2/h3-10,22,26H,11-21H2,1-2H3,(H,29,32). The van der Waals surface area contributed by atoms with Crippen LogP contribution in [0, 0.1) is 18.8 Å². The van der Waals surface area contributed by atoms with Gasteiger partial charge < -0.3 is 5.32 Å². The molecule has 0 unspecified atom stereocenters. The molecule has 172 valence electrons. The molecule has 0 atom stereocenters. The molecule has 4 nitrogen and oxygen atoms in total. The fourth-order valence-electron chi connectivity index (χ4n) is 4.96. The number of hydrogen-bond acceptors (Lipinski definition) is 3. The molecule has 1 N–H and O–H groups in total. The van der Waals surface area contributed by atoms with Gasteiger partial charge in [-0.1, -0.05) is 55.5 Å². The Balaban J connectivity index is 1.18. The summed E-state index contributed by atoms with van der Waals surface area (Å²) in [6.07, 6.45) is 4.53. The molecule has 0 spiro atoms. The van der Waals surface area contributed by atoms with Gasteiger partial charge >= 0.3 is 0 Å². The van der Waals surface area contributed by atoms with Crippen molar-refractivity contribution in [3.63, 3.8) is 0 Å². The third kappa shape index (κ3) is 6.43. The van der Waals surface area contributed by atoms with Gasteiger partial charge in [0.2, 0.25) is 5.91 Å². The average Bonchev–Trinajstić information content (AvgIpc) is 2.82. The first-order valence-electron chi connectivity index (χ1n) is 12.4. The summed E-state index contributed by atoms with van der Waals surface area (Å²) in [7, 11) is 0. The number of amides is 1. The van der Waals surface area contributed by atoms with Crippen LogP contribution in [0.5, 0.6) is 0 Å². The van der Waals surface area contributed by atoms with Crippen molar-refractivity contribution < 1.29 is 4.79 Å². The zero-order valence-electron chi connectivity index (χ0n) is 19.9. The van der Waals surface area contributed by atoms with Crippen molar-refractivity contribution in [1.29, 1.82) is 0 Å². The highest BCUT2D eigenvalue weighted by Gasteiger charge is 2.25. The Morgan fingerprint density at radius 3 is 2.12 bits per heavy atom. The number of aryl methyl sites for hydroxylation is 1. The van der Waals surface area contributed by atoms with E-state index in [9.17, 15) is 4.79 Å². The van der Waals surface area contributed by atoms with Crippen molar-refractivity contribution >= 4 is 5.91 Å². The first-order chi connectivity index (χ1) is 15.6. The van der Waals surface area contributed by atoms with Crippen LogP contribution in [0.2, 0.25) is 0 Å². The van der Waals surface area contributed by atoms with E-state index in [2.05, 4.69) is 77.5 Å². The van der Waals surface area contributed by atoms with Crippen LogP contribution < -0.4 is 5.32 Å². The predicted molar refractivity (Wildman–Crippen MR) is 131 cm³/mol. The molecule has 2 saturated heterocycles. The van der Waals surface area contributed by atoms with E-state index < -0.39 is 0 Å². The maximum atomic E-state index is 12.7. The van der Waals surface area contributed by atoms with Gasteiger partial charge in [0.25, 0.3) is 0 Å². The highest BCUT2D eigenvalue weighted by Crippen LogP contribution is 2.21. The third-order valence-electron chi connectivity index (χ3n) is 7.39. The number of carbonyl (C=O) groups is 1. The molecule has 0 bridgehead atoms. The lowest BCUT2D eigenvalue weighted by atomic mass is 9.95. The molecular formula is C28H39N3O. The van der Waals surface area contributed by atoms with Gasteiger partial charge in [0, 0.05) is 25.6 Å². The van der Waals surface area contributed by atoms with Crippen molar-refractivity contribution in [2.45, 2.75) is 59.2 Å². The Hall–Kier alpha value is -2.17. The fraction of sp³-hybridized carbons (Fsp3) is 0.536. The summed E-state index contributed by atoms with van der Waals surface area (Å²) in [5, 5.41) is 3.18. The predicted octanol–water partition coefficient (Wildman–Crippen LogP) is 4.76. The lowest BCUT2D eigenvalue weighted by molar-refractivity contribution is -0.126. The second-order valence-electron chi connectivity index (χ2n) is 9.97. The van der Waals surface area contributed by atoms with E-state index in [0.717, 1.165) is 44.9 Å². The minimum Gasteiger partial charge on any atom is -0.352 e. The van der Waals surface area contributed by atoms with E-state index in [1.165, 1.54) is 48.2 Å². The third-order valence-corrected chi connectivity index (χ3v) is 7.39. The molecule has 4 rings (SSSR count). The van der Waals surface area contributed by atoms with Crippen molar-refractivity contribution in [2.24, 2.45) is 11.8 Å². The maximum Gasteiger partial charge on any atom is 0.223 e. The Kier molecular flexibility index (Phi) is 7.99. The van der Waals surface area contributed by atoms with E-state index in [4.69, 9.17) is 0 Å². The van der Waals surface area contributed by atoms with Gasteiger partial charge in [-0.15, -0.1) is 0 Å². The number of benzene rings is 2. The van der Waals surface area contributed by atoms with Crippen LogP contribution in [0.1, 0.15) is 54.9 Å². The van der Waals surface area contributed by atoms with Crippen LogP contribution in [0.4, 0.5) is 0 Å². The van der Waals surface area contributed by atoms with E-state index in [1.807, 2.05) is 0 Å². The summed E-state index contributed by atoms with van der Waals surface area (Å²) < 4.78 is 0. The zero-order chi connectivity index (χ0) is 22.3. The van der Waals surface area contributed by atoms with Crippen LogP contribution in [-0.4, -0.2) is 41.9 Å². The second kappa shape index (κ2) is 11.1. The minimum absolute atomic E-state index is 0.142. The van der Waals surface area contributed by atoms with Gasteiger partial charge in [0.1, 0.15) is 0 Å². The van der Waals surface area contributed by atoms with Gasteiger partial charge in [-0.3, -0.25) is 14.6 Å².